The third-order valence-corrected chi connectivity index (χ3v) is 6.21. The molecule has 29 heavy (non-hydrogen) atoms. The summed E-state index contributed by atoms with van der Waals surface area (Å²) >= 11 is 1.45. The van der Waals surface area contributed by atoms with E-state index in [2.05, 4.69) is 20.8 Å². The standard InChI is InChI=1S/C22H25N3O3S/c1-12-17-13(2)23-21(22(3,4)5)24-19(17)29-18(12)20(26)25(6)10-14-7-8-15-16(9-14)28-11-27-15/h7-9H,10-11H2,1-6H3. The number of ether oxygens (including phenoxy) is 2. The van der Waals surface area contributed by atoms with Crippen molar-refractivity contribution in [3.63, 3.8) is 0 Å². The third kappa shape index (κ3) is 3.55. The summed E-state index contributed by atoms with van der Waals surface area (Å²) in [5.41, 5.74) is 2.73. The monoisotopic (exact) mass is 411 g/mol. The maximum atomic E-state index is 13.2. The van der Waals surface area contributed by atoms with E-state index in [1.54, 1.807) is 4.90 Å². The second kappa shape index (κ2) is 6.99. The van der Waals surface area contributed by atoms with Gasteiger partial charge in [-0.3, -0.25) is 4.79 Å². The predicted octanol–water partition coefficient (Wildman–Crippen LogP) is 4.61. The minimum Gasteiger partial charge on any atom is -0.454 e. The van der Waals surface area contributed by atoms with Gasteiger partial charge in [0.15, 0.2) is 11.5 Å². The molecule has 0 saturated carbocycles. The van der Waals surface area contributed by atoms with Crippen LogP contribution in [0.3, 0.4) is 0 Å². The average Bonchev–Trinajstić information content (AvgIpc) is 3.24. The highest BCUT2D eigenvalue weighted by Gasteiger charge is 2.25. The molecule has 0 spiro atoms. The van der Waals surface area contributed by atoms with Crippen molar-refractivity contribution in [2.45, 2.75) is 46.6 Å². The summed E-state index contributed by atoms with van der Waals surface area (Å²) in [5.74, 6) is 2.25. The van der Waals surface area contributed by atoms with Gasteiger partial charge in [-0.1, -0.05) is 26.8 Å². The molecule has 1 aliphatic heterocycles. The van der Waals surface area contributed by atoms with Crippen molar-refractivity contribution in [2.75, 3.05) is 13.8 Å². The molecular weight excluding hydrogens is 386 g/mol. The van der Waals surface area contributed by atoms with Gasteiger partial charge in [-0.2, -0.15) is 0 Å². The molecule has 1 aromatic carbocycles. The Morgan fingerprint density at radius 1 is 1.17 bits per heavy atom. The molecule has 1 amide bonds. The number of rotatable bonds is 3. The van der Waals surface area contributed by atoms with Crippen LogP contribution in [0.25, 0.3) is 10.2 Å². The van der Waals surface area contributed by atoms with Crippen LogP contribution in [-0.2, 0) is 12.0 Å². The van der Waals surface area contributed by atoms with E-state index >= 15 is 0 Å². The van der Waals surface area contributed by atoms with Crippen LogP contribution in [0.1, 0.15) is 53.1 Å². The number of thiophene rings is 1. The molecule has 7 heteroatoms. The van der Waals surface area contributed by atoms with E-state index in [1.165, 1.54) is 11.3 Å². The van der Waals surface area contributed by atoms with Gasteiger partial charge in [0.25, 0.3) is 5.91 Å². The molecule has 0 saturated heterocycles. The molecule has 0 fully saturated rings. The molecule has 0 bridgehead atoms. The normalized spacial score (nSPS) is 13.2. The minimum atomic E-state index is -0.142. The quantitative estimate of drug-likeness (QED) is 0.630. The van der Waals surface area contributed by atoms with Crippen molar-refractivity contribution in [3.05, 3.63) is 45.7 Å². The van der Waals surface area contributed by atoms with E-state index in [1.807, 2.05) is 39.1 Å². The second-order valence-corrected chi connectivity index (χ2v) is 9.47. The topological polar surface area (TPSA) is 64.6 Å². The number of benzene rings is 1. The molecule has 6 nitrogen and oxygen atoms in total. The summed E-state index contributed by atoms with van der Waals surface area (Å²) in [6.45, 7) is 11.0. The lowest BCUT2D eigenvalue weighted by Gasteiger charge is -2.17. The molecule has 0 radical (unpaired) electrons. The summed E-state index contributed by atoms with van der Waals surface area (Å²) in [7, 11) is 1.82. The van der Waals surface area contributed by atoms with Crippen LogP contribution in [0.2, 0.25) is 0 Å². The molecule has 3 aromatic rings. The summed E-state index contributed by atoms with van der Waals surface area (Å²) < 4.78 is 10.8. The van der Waals surface area contributed by atoms with Crippen LogP contribution in [0.15, 0.2) is 18.2 Å². The first-order valence-corrected chi connectivity index (χ1v) is 10.4. The predicted molar refractivity (Wildman–Crippen MR) is 114 cm³/mol. The van der Waals surface area contributed by atoms with Crippen LogP contribution >= 0.6 is 11.3 Å². The van der Waals surface area contributed by atoms with Crippen molar-refractivity contribution >= 4 is 27.5 Å². The number of hydrogen-bond donors (Lipinski definition) is 0. The lowest BCUT2D eigenvalue weighted by atomic mass is 9.95. The molecular formula is C22H25N3O3S. The van der Waals surface area contributed by atoms with Crippen molar-refractivity contribution in [3.8, 4) is 11.5 Å². The fourth-order valence-corrected chi connectivity index (χ4v) is 4.66. The Morgan fingerprint density at radius 3 is 2.62 bits per heavy atom. The molecule has 0 aliphatic carbocycles. The van der Waals surface area contributed by atoms with Crippen molar-refractivity contribution in [1.82, 2.24) is 14.9 Å². The maximum Gasteiger partial charge on any atom is 0.264 e. The number of carbonyl (C=O) groups is 1. The lowest BCUT2D eigenvalue weighted by molar-refractivity contribution is 0.0789. The van der Waals surface area contributed by atoms with Crippen molar-refractivity contribution in [2.24, 2.45) is 0 Å². The van der Waals surface area contributed by atoms with Gasteiger partial charge in [0.1, 0.15) is 10.7 Å². The molecule has 1 aliphatic rings. The van der Waals surface area contributed by atoms with Crippen LogP contribution in [0.4, 0.5) is 0 Å². The van der Waals surface area contributed by atoms with Gasteiger partial charge in [-0.25, -0.2) is 9.97 Å². The number of aromatic nitrogens is 2. The number of amides is 1. The first-order valence-electron chi connectivity index (χ1n) is 9.57. The van der Waals surface area contributed by atoms with Gasteiger partial charge in [-0.15, -0.1) is 11.3 Å². The number of nitrogens with zero attached hydrogens (tertiary/aromatic N) is 3. The van der Waals surface area contributed by atoms with E-state index in [4.69, 9.17) is 19.4 Å². The smallest absolute Gasteiger partial charge is 0.264 e. The van der Waals surface area contributed by atoms with Crippen molar-refractivity contribution < 1.29 is 14.3 Å². The Morgan fingerprint density at radius 2 is 1.90 bits per heavy atom. The van der Waals surface area contributed by atoms with Gasteiger partial charge in [-0.05, 0) is 37.1 Å². The Balaban J connectivity index is 1.64. The summed E-state index contributed by atoms with van der Waals surface area (Å²) in [6, 6.07) is 5.77. The van der Waals surface area contributed by atoms with Gasteiger partial charge in [0.05, 0.1) is 10.6 Å². The van der Waals surface area contributed by atoms with Gasteiger partial charge >= 0.3 is 0 Å². The van der Waals surface area contributed by atoms with Crippen LogP contribution in [0.5, 0.6) is 11.5 Å². The number of fused-ring (bicyclic) bond motifs is 2. The molecule has 2 aromatic heterocycles. The highest BCUT2D eigenvalue weighted by Crippen LogP contribution is 2.35. The molecule has 0 atom stereocenters. The maximum absolute atomic E-state index is 13.2. The first-order chi connectivity index (χ1) is 13.6. The summed E-state index contributed by atoms with van der Waals surface area (Å²) in [6.07, 6.45) is 0. The van der Waals surface area contributed by atoms with Crippen LogP contribution < -0.4 is 9.47 Å². The minimum absolute atomic E-state index is 0.0140. The average molecular weight is 412 g/mol. The van der Waals surface area contributed by atoms with Gasteiger partial charge in [0, 0.05) is 24.4 Å². The fraction of sp³-hybridized carbons (Fsp3) is 0.409. The van der Waals surface area contributed by atoms with Gasteiger partial charge < -0.3 is 14.4 Å². The van der Waals surface area contributed by atoms with E-state index in [9.17, 15) is 4.79 Å². The summed E-state index contributed by atoms with van der Waals surface area (Å²) in [4.78, 5) is 26.0. The van der Waals surface area contributed by atoms with E-state index in [-0.39, 0.29) is 18.1 Å². The Hall–Kier alpha value is -2.67. The highest BCUT2D eigenvalue weighted by molar-refractivity contribution is 7.20. The molecule has 4 rings (SSSR count). The van der Waals surface area contributed by atoms with E-state index in [0.717, 1.165) is 44.4 Å². The van der Waals surface area contributed by atoms with Crippen LogP contribution in [-0.4, -0.2) is 34.6 Å². The van der Waals surface area contributed by atoms with E-state index < -0.39 is 0 Å². The number of hydrogen-bond acceptors (Lipinski definition) is 6. The Bertz CT molecular complexity index is 1110. The largest absolute Gasteiger partial charge is 0.454 e. The van der Waals surface area contributed by atoms with Crippen LogP contribution in [0, 0.1) is 13.8 Å². The summed E-state index contributed by atoms with van der Waals surface area (Å²) in [5, 5.41) is 0.989. The Labute approximate surface area is 174 Å². The number of aryl methyl sites for hydroxylation is 2. The molecule has 0 N–H and O–H groups in total. The number of carbonyl (C=O) groups excluding carboxylic acids is 1. The highest BCUT2D eigenvalue weighted by atomic mass is 32.1. The Kier molecular flexibility index (Phi) is 4.73. The van der Waals surface area contributed by atoms with E-state index in [0.29, 0.717) is 11.4 Å². The third-order valence-electron chi connectivity index (χ3n) is 5.04. The van der Waals surface area contributed by atoms with Gasteiger partial charge in [0.2, 0.25) is 6.79 Å². The van der Waals surface area contributed by atoms with Crippen molar-refractivity contribution in [1.29, 1.82) is 0 Å². The first kappa shape index (κ1) is 19.6. The zero-order chi connectivity index (χ0) is 20.9. The fourth-order valence-electron chi connectivity index (χ4n) is 3.44. The SMILES string of the molecule is Cc1nc(C(C)(C)C)nc2sc(C(=O)N(C)Cc3ccc4c(c3)OCO4)c(C)c12. The zero-order valence-electron chi connectivity index (χ0n) is 17.6. The zero-order valence-corrected chi connectivity index (χ0v) is 18.4. The molecule has 3 heterocycles. The second-order valence-electron chi connectivity index (χ2n) is 8.47. The molecule has 152 valence electrons. The lowest BCUT2D eigenvalue weighted by Crippen LogP contribution is -2.25. The molecule has 0 unspecified atom stereocenters.